The van der Waals surface area contributed by atoms with Crippen LogP contribution in [0.5, 0.6) is 0 Å². The average molecular weight is 428 g/mol. The van der Waals surface area contributed by atoms with Crippen molar-refractivity contribution in [1.29, 1.82) is 0 Å². The zero-order valence-corrected chi connectivity index (χ0v) is 17.6. The zero-order valence-electron chi connectivity index (χ0n) is 16.8. The van der Waals surface area contributed by atoms with Gasteiger partial charge in [-0.2, -0.15) is 0 Å². The Hall–Kier alpha value is -2.71. The molecule has 1 unspecified atom stereocenters. The van der Waals surface area contributed by atoms with Gasteiger partial charge in [0.15, 0.2) is 5.16 Å². The Kier molecular flexibility index (Phi) is 5.87. The maximum atomic E-state index is 14.3. The largest absolute Gasteiger partial charge is 0.378 e. The topological polar surface area (TPSA) is 64.4 Å². The Labute approximate surface area is 177 Å². The van der Waals surface area contributed by atoms with Crippen molar-refractivity contribution in [1.82, 2.24) is 14.5 Å². The number of carbonyl (C=O) groups excluding carboxylic acids is 1. The van der Waals surface area contributed by atoms with Gasteiger partial charge in [-0.25, -0.2) is 9.37 Å². The van der Waals surface area contributed by atoms with Crippen LogP contribution in [0, 0.1) is 12.7 Å². The van der Waals surface area contributed by atoms with Gasteiger partial charge in [-0.1, -0.05) is 30.0 Å². The number of amides is 1. The van der Waals surface area contributed by atoms with E-state index in [0.717, 1.165) is 0 Å². The van der Waals surface area contributed by atoms with Gasteiger partial charge >= 0.3 is 0 Å². The summed E-state index contributed by atoms with van der Waals surface area (Å²) in [6, 6.07) is 11.7. The summed E-state index contributed by atoms with van der Waals surface area (Å²) in [7, 11) is 0. The number of rotatable bonds is 4. The van der Waals surface area contributed by atoms with Crippen LogP contribution < -0.4 is 5.56 Å². The van der Waals surface area contributed by atoms with Crippen molar-refractivity contribution in [2.24, 2.45) is 0 Å². The number of fused-ring (bicyclic) bond motifs is 1. The van der Waals surface area contributed by atoms with E-state index in [1.54, 1.807) is 55.1 Å². The summed E-state index contributed by atoms with van der Waals surface area (Å²) < 4.78 is 21.0. The highest BCUT2D eigenvalue weighted by Crippen LogP contribution is 2.27. The monoisotopic (exact) mass is 427 g/mol. The van der Waals surface area contributed by atoms with E-state index in [0.29, 0.717) is 53.6 Å². The van der Waals surface area contributed by atoms with Gasteiger partial charge < -0.3 is 9.64 Å². The van der Waals surface area contributed by atoms with Crippen LogP contribution >= 0.6 is 11.8 Å². The lowest BCUT2D eigenvalue weighted by Crippen LogP contribution is -2.44. The Morgan fingerprint density at radius 3 is 2.67 bits per heavy atom. The number of benzene rings is 2. The van der Waals surface area contributed by atoms with E-state index in [2.05, 4.69) is 4.98 Å². The van der Waals surface area contributed by atoms with Crippen LogP contribution in [-0.2, 0) is 9.53 Å². The van der Waals surface area contributed by atoms with Gasteiger partial charge in [0.25, 0.3) is 5.56 Å². The highest BCUT2D eigenvalue weighted by Gasteiger charge is 2.25. The molecule has 1 fully saturated rings. The molecule has 2 heterocycles. The molecule has 0 spiro atoms. The summed E-state index contributed by atoms with van der Waals surface area (Å²) in [5, 5.41) is 0.337. The lowest BCUT2D eigenvalue weighted by atomic mass is 10.2. The summed E-state index contributed by atoms with van der Waals surface area (Å²) in [5.41, 5.74) is 1.12. The van der Waals surface area contributed by atoms with Gasteiger partial charge in [-0.15, -0.1) is 0 Å². The van der Waals surface area contributed by atoms with Crippen molar-refractivity contribution < 1.29 is 13.9 Å². The smallest absolute Gasteiger partial charge is 0.266 e. The van der Waals surface area contributed by atoms with Crippen LogP contribution in [0.1, 0.15) is 12.5 Å². The number of para-hydroxylation sites is 1. The summed E-state index contributed by atoms with van der Waals surface area (Å²) in [6.07, 6.45) is 0. The molecule has 2 aromatic carbocycles. The first-order chi connectivity index (χ1) is 14.5. The predicted octanol–water partition coefficient (Wildman–Crippen LogP) is 3.17. The van der Waals surface area contributed by atoms with E-state index in [9.17, 15) is 14.0 Å². The minimum atomic E-state index is -0.460. The van der Waals surface area contributed by atoms with Crippen molar-refractivity contribution >= 4 is 28.6 Å². The molecule has 0 saturated carbocycles. The Morgan fingerprint density at radius 1 is 1.20 bits per heavy atom. The summed E-state index contributed by atoms with van der Waals surface area (Å²) in [5.74, 6) is -0.437. The minimum Gasteiger partial charge on any atom is -0.378 e. The molecular weight excluding hydrogens is 405 g/mol. The maximum absolute atomic E-state index is 14.3. The van der Waals surface area contributed by atoms with Gasteiger partial charge in [0.2, 0.25) is 5.91 Å². The van der Waals surface area contributed by atoms with Gasteiger partial charge in [0, 0.05) is 13.1 Å². The van der Waals surface area contributed by atoms with E-state index in [-0.39, 0.29) is 11.5 Å². The first kappa shape index (κ1) is 20.6. The van der Waals surface area contributed by atoms with Crippen molar-refractivity contribution in [3.05, 3.63) is 64.2 Å². The van der Waals surface area contributed by atoms with Crippen LogP contribution in [0.15, 0.2) is 52.4 Å². The van der Waals surface area contributed by atoms with Crippen LogP contribution in [0.4, 0.5) is 4.39 Å². The molecule has 30 heavy (non-hydrogen) atoms. The molecule has 0 N–H and O–H groups in total. The number of morpholine rings is 1. The lowest BCUT2D eigenvalue weighted by molar-refractivity contribution is -0.134. The first-order valence-electron chi connectivity index (χ1n) is 9.77. The fourth-order valence-electron chi connectivity index (χ4n) is 3.39. The van der Waals surface area contributed by atoms with Crippen molar-refractivity contribution in [3.8, 4) is 5.69 Å². The van der Waals surface area contributed by atoms with Crippen molar-refractivity contribution in [2.45, 2.75) is 24.3 Å². The molecule has 156 valence electrons. The fraction of sp³-hybridized carbons (Fsp3) is 0.318. The zero-order chi connectivity index (χ0) is 21.3. The number of hydrogen-bond donors (Lipinski definition) is 0. The van der Waals surface area contributed by atoms with Gasteiger partial charge in [-0.3, -0.25) is 14.2 Å². The van der Waals surface area contributed by atoms with Crippen LogP contribution in [-0.4, -0.2) is 51.9 Å². The third-order valence-corrected chi connectivity index (χ3v) is 6.15. The molecule has 1 aliphatic heterocycles. The van der Waals surface area contributed by atoms with E-state index in [1.165, 1.54) is 22.4 Å². The molecule has 1 aromatic heterocycles. The van der Waals surface area contributed by atoms with E-state index < -0.39 is 11.1 Å². The Balaban J connectivity index is 1.78. The fourth-order valence-corrected chi connectivity index (χ4v) is 4.40. The first-order valence-corrected chi connectivity index (χ1v) is 10.6. The number of aromatic nitrogens is 2. The van der Waals surface area contributed by atoms with Gasteiger partial charge in [0.1, 0.15) is 5.82 Å². The second-order valence-corrected chi connectivity index (χ2v) is 8.49. The Bertz CT molecular complexity index is 1160. The lowest BCUT2D eigenvalue weighted by Gasteiger charge is -2.29. The molecule has 1 saturated heterocycles. The normalized spacial score (nSPS) is 15.4. The molecule has 3 aromatic rings. The summed E-state index contributed by atoms with van der Waals surface area (Å²) in [6.45, 7) is 5.59. The molecule has 0 radical (unpaired) electrons. The summed E-state index contributed by atoms with van der Waals surface area (Å²) in [4.78, 5) is 32.5. The van der Waals surface area contributed by atoms with E-state index in [1.807, 2.05) is 0 Å². The third-order valence-electron chi connectivity index (χ3n) is 5.11. The average Bonchev–Trinajstić information content (AvgIpc) is 2.76. The summed E-state index contributed by atoms with van der Waals surface area (Å²) >= 11 is 1.20. The number of carbonyl (C=O) groups is 1. The van der Waals surface area contributed by atoms with Gasteiger partial charge in [-0.05, 0) is 43.7 Å². The highest BCUT2D eigenvalue weighted by molar-refractivity contribution is 8.00. The van der Waals surface area contributed by atoms with E-state index in [4.69, 9.17) is 4.74 Å². The Morgan fingerprint density at radius 2 is 1.93 bits per heavy atom. The molecular formula is C22H22FN3O3S. The highest BCUT2D eigenvalue weighted by atomic mass is 32.2. The number of aryl methyl sites for hydroxylation is 1. The molecule has 4 rings (SSSR count). The maximum Gasteiger partial charge on any atom is 0.266 e. The predicted molar refractivity (Wildman–Crippen MR) is 115 cm³/mol. The number of halogens is 1. The third kappa shape index (κ3) is 3.97. The minimum absolute atomic E-state index is 0.0349. The molecule has 0 bridgehead atoms. The number of nitrogens with zero attached hydrogens (tertiary/aromatic N) is 3. The van der Waals surface area contributed by atoms with Gasteiger partial charge in [0.05, 0.1) is 35.1 Å². The molecule has 1 aliphatic rings. The molecule has 0 aliphatic carbocycles. The second-order valence-electron chi connectivity index (χ2n) is 7.18. The molecule has 1 amide bonds. The van der Waals surface area contributed by atoms with Crippen molar-refractivity contribution in [2.75, 3.05) is 26.3 Å². The SMILES string of the molecule is Cc1ccc(-n2c(SC(C)C(=O)N3CCOCC3)nc3ccccc3c2=O)cc1F. The van der Waals surface area contributed by atoms with E-state index >= 15 is 0 Å². The van der Waals surface area contributed by atoms with Crippen molar-refractivity contribution in [3.63, 3.8) is 0 Å². The standard InChI is InChI=1S/C22H22FN3O3S/c1-14-7-8-16(13-18(14)23)26-21(28)17-5-3-4-6-19(17)24-22(26)30-15(2)20(27)25-9-11-29-12-10-25/h3-8,13,15H,9-12H2,1-2H3. The van der Waals surface area contributed by atoms with Crippen LogP contribution in [0.3, 0.4) is 0 Å². The second kappa shape index (κ2) is 8.57. The number of ether oxygens (including phenoxy) is 1. The van der Waals surface area contributed by atoms with Crippen LogP contribution in [0.2, 0.25) is 0 Å². The molecule has 8 heteroatoms. The number of hydrogen-bond acceptors (Lipinski definition) is 5. The quantitative estimate of drug-likeness (QED) is 0.473. The molecule has 6 nitrogen and oxygen atoms in total. The molecule has 1 atom stereocenters. The van der Waals surface area contributed by atoms with Crippen LogP contribution in [0.25, 0.3) is 16.6 Å². The number of thioether (sulfide) groups is 1.